The second kappa shape index (κ2) is 4.63. The number of anilines is 1. The number of carbonyl (C=O) groups excluding carboxylic acids is 1. The van der Waals surface area contributed by atoms with E-state index in [1.807, 2.05) is 32.0 Å². The second-order valence-electron chi connectivity index (χ2n) is 3.52. The van der Waals surface area contributed by atoms with E-state index >= 15 is 0 Å². The first-order valence-corrected chi connectivity index (χ1v) is 4.80. The number of amides is 1. The van der Waals surface area contributed by atoms with Crippen LogP contribution in [0.5, 0.6) is 0 Å². The van der Waals surface area contributed by atoms with Crippen molar-refractivity contribution in [1.29, 1.82) is 0 Å². The van der Waals surface area contributed by atoms with Gasteiger partial charge in [0.25, 0.3) is 5.91 Å². The number of carbonyl (C=O) groups is 1. The first-order valence-electron chi connectivity index (χ1n) is 4.80. The Morgan fingerprint density at radius 1 is 1.33 bits per heavy atom. The molecular formula is C13H15NO. The van der Waals surface area contributed by atoms with Crippen LogP contribution in [0.15, 0.2) is 36.1 Å². The number of nitrogens with one attached hydrogen (secondary N) is 1. The minimum atomic E-state index is -0.151. The van der Waals surface area contributed by atoms with Crippen LogP contribution in [0.1, 0.15) is 18.1 Å². The maximum Gasteiger partial charge on any atom is 0.259 e. The fraction of sp³-hybridized carbons (Fsp3) is 0.231. The lowest BCUT2D eigenvalue weighted by Crippen LogP contribution is -2.13. The van der Waals surface area contributed by atoms with Gasteiger partial charge in [0.2, 0.25) is 0 Å². The van der Waals surface area contributed by atoms with E-state index in [0.29, 0.717) is 5.57 Å². The van der Waals surface area contributed by atoms with E-state index in [-0.39, 0.29) is 5.91 Å². The smallest absolute Gasteiger partial charge is 0.259 e. The van der Waals surface area contributed by atoms with Crippen molar-refractivity contribution in [1.82, 2.24) is 0 Å². The molecule has 0 aliphatic carbocycles. The van der Waals surface area contributed by atoms with Crippen LogP contribution in [0.4, 0.5) is 5.69 Å². The highest BCUT2D eigenvalue weighted by Gasteiger charge is 2.07. The quantitative estimate of drug-likeness (QED) is 0.578. The summed E-state index contributed by atoms with van der Waals surface area (Å²) < 4.78 is 0. The maximum absolute atomic E-state index is 11.6. The van der Waals surface area contributed by atoms with Gasteiger partial charge in [0, 0.05) is 5.69 Å². The van der Waals surface area contributed by atoms with E-state index in [1.165, 1.54) is 0 Å². The Labute approximate surface area is 90.3 Å². The van der Waals surface area contributed by atoms with Gasteiger partial charge in [0.1, 0.15) is 0 Å². The third kappa shape index (κ3) is 2.58. The molecule has 0 heterocycles. The minimum absolute atomic E-state index is 0.151. The number of hydrogen-bond acceptors (Lipinski definition) is 1. The van der Waals surface area contributed by atoms with Gasteiger partial charge in [0.15, 0.2) is 0 Å². The number of benzene rings is 1. The Balaban J connectivity index is 3.00. The molecule has 0 saturated heterocycles. The lowest BCUT2D eigenvalue weighted by Gasteiger charge is -2.10. The molecule has 78 valence electrons. The van der Waals surface area contributed by atoms with Gasteiger partial charge in [-0.2, -0.15) is 0 Å². The average molecular weight is 201 g/mol. The highest BCUT2D eigenvalue weighted by atomic mass is 16.1. The summed E-state index contributed by atoms with van der Waals surface area (Å²) in [5.74, 6) is -0.151. The lowest BCUT2D eigenvalue weighted by molar-refractivity contribution is -0.112. The van der Waals surface area contributed by atoms with Gasteiger partial charge in [-0.25, -0.2) is 0 Å². The van der Waals surface area contributed by atoms with Gasteiger partial charge in [0.05, 0.1) is 5.57 Å². The summed E-state index contributed by atoms with van der Waals surface area (Å²) in [6.45, 7) is 9.07. The topological polar surface area (TPSA) is 29.1 Å². The Morgan fingerprint density at radius 2 is 1.87 bits per heavy atom. The van der Waals surface area contributed by atoms with Crippen LogP contribution < -0.4 is 5.32 Å². The maximum atomic E-state index is 11.6. The van der Waals surface area contributed by atoms with Crippen LogP contribution >= 0.6 is 0 Å². The van der Waals surface area contributed by atoms with Crippen molar-refractivity contribution < 1.29 is 4.79 Å². The molecule has 2 heteroatoms. The Morgan fingerprint density at radius 3 is 2.33 bits per heavy atom. The molecule has 15 heavy (non-hydrogen) atoms. The van der Waals surface area contributed by atoms with Gasteiger partial charge in [-0.3, -0.25) is 4.79 Å². The zero-order valence-corrected chi connectivity index (χ0v) is 9.35. The lowest BCUT2D eigenvalue weighted by atomic mass is 10.1. The van der Waals surface area contributed by atoms with Crippen LogP contribution in [0.2, 0.25) is 0 Å². The van der Waals surface area contributed by atoms with Crippen molar-refractivity contribution in [3.05, 3.63) is 47.2 Å². The Bertz CT molecular complexity index is 420. The first kappa shape index (κ1) is 11.3. The van der Waals surface area contributed by atoms with Gasteiger partial charge >= 0.3 is 0 Å². The first-order chi connectivity index (χ1) is 7.06. The highest BCUT2D eigenvalue weighted by Crippen LogP contribution is 2.19. The average Bonchev–Trinajstić information content (AvgIpc) is 2.22. The molecular weight excluding hydrogens is 186 g/mol. The van der Waals surface area contributed by atoms with Crippen molar-refractivity contribution in [2.45, 2.75) is 20.8 Å². The molecule has 1 N–H and O–H groups in total. The largest absolute Gasteiger partial charge is 0.321 e. The number of rotatable bonds is 2. The normalized spacial score (nSPS) is 9.27. The molecule has 0 spiro atoms. The molecule has 0 atom stereocenters. The summed E-state index contributed by atoms with van der Waals surface area (Å²) in [6, 6.07) is 5.90. The molecule has 1 rings (SSSR count). The monoisotopic (exact) mass is 201 g/mol. The molecule has 2 nitrogen and oxygen atoms in total. The van der Waals surface area contributed by atoms with Crippen LogP contribution in [0.3, 0.4) is 0 Å². The Hall–Kier alpha value is -1.79. The second-order valence-corrected chi connectivity index (χ2v) is 3.52. The zero-order chi connectivity index (χ0) is 11.4. The van der Waals surface area contributed by atoms with Crippen LogP contribution in [-0.4, -0.2) is 5.91 Å². The highest BCUT2D eigenvalue weighted by molar-refractivity contribution is 6.03. The van der Waals surface area contributed by atoms with E-state index < -0.39 is 0 Å². The van der Waals surface area contributed by atoms with E-state index in [1.54, 1.807) is 6.92 Å². The number of aryl methyl sites for hydroxylation is 2. The summed E-state index contributed by atoms with van der Waals surface area (Å²) in [6.07, 6.45) is 0. The number of hydrogen-bond donors (Lipinski definition) is 1. The molecule has 0 fully saturated rings. The van der Waals surface area contributed by atoms with Gasteiger partial charge < -0.3 is 5.32 Å². The summed E-state index contributed by atoms with van der Waals surface area (Å²) in [4.78, 5) is 11.6. The van der Waals surface area contributed by atoms with Crippen LogP contribution in [-0.2, 0) is 4.79 Å². The fourth-order valence-electron chi connectivity index (χ4n) is 1.30. The molecule has 0 unspecified atom stereocenters. The minimum Gasteiger partial charge on any atom is -0.321 e. The molecule has 0 bridgehead atoms. The van der Waals surface area contributed by atoms with E-state index in [2.05, 4.69) is 17.6 Å². The Kier molecular flexibility index (Phi) is 3.48. The molecule has 1 aromatic carbocycles. The van der Waals surface area contributed by atoms with Crippen molar-refractivity contribution in [2.24, 2.45) is 0 Å². The van der Waals surface area contributed by atoms with E-state index in [9.17, 15) is 4.79 Å². The summed E-state index contributed by atoms with van der Waals surface area (Å²) >= 11 is 0. The SMILES string of the molecule is C=C=C(C)C(=O)Nc1c(C)cccc1C. The third-order valence-corrected chi connectivity index (χ3v) is 2.33. The predicted octanol–water partition coefficient (Wildman–Crippen LogP) is 2.97. The summed E-state index contributed by atoms with van der Waals surface area (Å²) in [5, 5.41) is 2.85. The summed E-state index contributed by atoms with van der Waals surface area (Å²) in [7, 11) is 0. The molecule has 0 aliphatic rings. The predicted molar refractivity (Wildman–Crippen MR) is 62.9 cm³/mol. The summed E-state index contributed by atoms with van der Waals surface area (Å²) in [5.41, 5.74) is 6.06. The number of para-hydroxylation sites is 1. The third-order valence-electron chi connectivity index (χ3n) is 2.33. The van der Waals surface area contributed by atoms with Gasteiger partial charge in [-0.1, -0.05) is 24.8 Å². The molecule has 0 aromatic heterocycles. The molecule has 0 radical (unpaired) electrons. The standard InChI is InChI=1S/C13H15NO/c1-5-9(2)13(15)14-12-10(3)7-6-8-11(12)4/h6-8H,1H2,2-4H3,(H,14,15). The van der Waals surface area contributed by atoms with Gasteiger partial charge in [-0.15, -0.1) is 5.73 Å². The molecule has 1 amide bonds. The van der Waals surface area contributed by atoms with E-state index in [4.69, 9.17) is 0 Å². The zero-order valence-electron chi connectivity index (χ0n) is 9.35. The fourth-order valence-corrected chi connectivity index (χ4v) is 1.30. The van der Waals surface area contributed by atoms with Crippen molar-refractivity contribution >= 4 is 11.6 Å². The van der Waals surface area contributed by atoms with Crippen LogP contribution in [0, 0.1) is 13.8 Å². The van der Waals surface area contributed by atoms with Crippen molar-refractivity contribution in [3.63, 3.8) is 0 Å². The molecule has 0 aliphatic heterocycles. The van der Waals surface area contributed by atoms with Crippen LogP contribution in [0.25, 0.3) is 0 Å². The van der Waals surface area contributed by atoms with Crippen molar-refractivity contribution in [3.8, 4) is 0 Å². The van der Waals surface area contributed by atoms with Gasteiger partial charge in [-0.05, 0) is 31.9 Å². The molecule has 0 saturated carbocycles. The van der Waals surface area contributed by atoms with E-state index in [0.717, 1.165) is 16.8 Å². The molecule has 1 aromatic rings. The van der Waals surface area contributed by atoms with Crippen molar-refractivity contribution in [2.75, 3.05) is 5.32 Å².